The number of rotatable bonds is 4. The minimum Gasteiger partial charge on any atom is -0.292 e. The SMILES string of the molecule is O=C(Cc1ccncc1)c1ccnn1-c1ccccc1. The van der Waals surface area contributed by atoms with Crippen molar-refractivity contribution in [1.82, 2.24) is 14.8 Å². The molecule has 0 aliphatic carbocycles. The molecule has 0 spiro atoms. The van der Waals surface area contributed by atoms with E-state index in [4.69, 9.17) is 0 Å². The summed E-state index contributed by atoms with van der Waals surface area (Å²) in [5.74, 6) is 0.0394. The number of carbonyl (C=O) groups is 1. The van der Waals surface area contributed by atoms with Gasteiger partial charge in [0.2, 0.25) is 0 Å². The molecule has 3 rings (SSSR count). The Morgan fingerprint density at radius 1 is 0.950 bits per heavy atom. The van der Waals surface area contributed by atoms with Gasteiger partial charge in [-0.2, -0.15) is 5.10 Å². The van der Waals surface area contributed by atoms with Gasteiger partial charge in [-0.15, -0.1) is 0 Å². The largest absolute Gasteiger partial charge is 0.292 e. The molecule has 4 nitrogen and oxygen atoms in total. The molecule has 98 valence electrons. The Morgan fingerprint density at radius 2 is 1.70 bits per heavy atom. The minimum absolute atomic E-state index is 0.0394. The first-order valence-corrected chi connectivity index (χ1v) is 6.36. The molecule has 1 aromatic carbocycles. The smallest absolute Gasteiger partial charge is 0.185 e. The molecule has 0 saturated heterocycles. The first-order valence-electron chi connectivity index (χ1n) is 6.36. The quantitative estimate of drug-likeness (QED) is 0.680. The summed E-state index contributed by atoms with van der Waals surface area (Å²) in [5, 5.41) is 4.23. The van der Waals surface area contributed by atoms with Crippen LogP contribution in [0.1, 0.15) is 16.1 Å². The van der Waals surface area contributed by atoms with Crippen molar-refractivity contribution >= 4 is 5.78 Å². The molecule has 3 aromatic rings. The maximum atomic E-state index is 12.4. The summed E-state index contributed by atoms with van der Waals surface area (Å²) in [6.45, 7) is 0. The van der Waals surface area contributed by atoms with E-state index in [-0.39, 0.29) is 5.78 Å². The zero-order valence-electron chi connectivity index (χ0n) is 10.8. The molecule has 0 fully saturated rings. The lowest BCUT2D eigenvalue weighted by molar-refractivity contribution is 0.0985. The molecule has 4 heteroatoms. The Hall–Kier alpha value is -2.75. The molecule has 2 aromatic heterocycles. The van der Waals surface area contributed by atoms with Crippen LogP contribution >= 0.6 is 0 Å². The zero-order valence-corrected chi connectivity index (χ0v) is 10.8. The standard InChI is InChI=1S/C16H13N3O/c20-16(12-13-6-9-17-10-7-13)15-8-11-18-19(15)14-4-2-1-3-5-14/h1-11H,12H2. The summed E-state index contributed by atoms with van der Waals surface area (Å²) in [5.41, 5.74) is 2.43. The van der Waals surface area contributed by atoms with Crippen LogP contribution in [0.4, 0.5) is 0 Å². The third kappa shape index (κ3) is 2.49. The van der Waals surface area contributed by atoms with Gasteiger partial charge in [0.05, 0.1) is 11.9 Å². The third-order valence-corrected chi connectivity index (χ3v) is 3.04. The second kappa shape index (κ2) is 5.48. The number of hydrogen-bond acceptors (Lipinski definition) is 3. The average molecular weight is 263 g/mol. The fourth-order valence-corrected chi connectivity index (χ4v) is 2.07. The first kappa shape index (κ1) is 12.3. The highest BCUT2D eigenvalue weighted by Gasteiger charge is 2.13. The lowest BCUT2D eigenvalue weighted by Crippen LogP contribution is -2.11. The van der Waals surface area contributed by atoms with E-state index in [1.807, 2.05) is 42.5 Å². The van der Waals surface area contributed by atoms with Crippen molar-refractivity contribution in [3.05, 3.63) is 78.4 Å². The highest BCUT2D eigenvalue weighted by Crippen LogP contribution is 2.12. The summed E-state index contributed by atoms with van der Waals surface area (Å²) < 4.78 is 1.67. The number of carbonyl (C=O) groups excluding carboxylic acids is 1. The van der Waals surface area contributed by atoms with Gasteiger partial charge in [0.25, 0.3) is 0 Å². The van der Waals surface area contributed by atoms with Gasteiger partial charge in [0, 0.05) is 18.8 Å². The van der Waals surface area contributed by atoms with Crippen LogP contribution in [0.15, 0.2) is 67.1 Å². The second-order valence-corrected chi connectivity index (χ2v) is 4.42. The monoisotopic (exact) mass is 263 g/mol. The van der Waals surface area contributed by atoms with Gasteiger partial charge in [-0.1, -0.05) is 18.2 Å². The Labute approximate surface area is 116 Å². The zero-order chi connectivity index (χ0) is 13.8. The molecule has 0 radical (unpaired) electrons. The number of nitrogens with zero attached hydrogens (tertiary/aromatic N) is 3. The van der Waals surface area contributed by atoms with Gasteiger partial charge in [-0.3, -0.25) is 9.78 Å². The highest BCUT2D eigenvalue weighted by molar-refractivity contribution is 5.96. The Kier molecular flexibility index (Phi) is 3.37. The normalized spacial score (nSPS) is 10.4. The number of para-hydroxylation sites is 1. The van der Waals surface area contributed by atoms with Crippen molar-refractivity contribution in [2.24, 2.45) is 0 Å². The number of Topliss-reactive ketones (excluding diaryl/α,β-unsaturated/α-hetero) is 1. The van der Waals surface area contributed by atoms with Crippen LogP contribution in [0.25, 0.3) is 5.69 Å². The first-order chi connectivity index (χ1) is 9.84. The molecular formula is C16H13N3O. The lowest BCUT2D eigenvalue weighted by Gasteiger charge is -2.06. The molecule has 0 amide bonds. The number of aromatic nitrogens is 3. The molecule has 0 atom stereocenters. The van der Waals surface area contributed by atoms with Crippen molar-refractivity contribution in [2.75, 3.05) is 0 Å². The van der Waals surface area contributed by atoms with E-state index < -0.39 is 0 Å². The predicted octanol–water partition coefficient (Wildman–Crippen LogP) is 2.69. The third-order valence-electron chi connectivity index (χ3n) is 3.04. The number of ketones is 1. The summed E-state index contributed by atoms with van der Waals surface area (Å²) in [4.78, 5) is 16.3. The van der Waals surface area contributed by atoms with E-state index in [0.717, 1.165) is 11.3 Å². The maximum absolute atomic E-state index is 12.4. The second-order valence-electron chi connectivity index (χ2n) is 4.42. The molecule has 2 heterocycles. The van der Waals surface area contributed by atoms with Crippen LogP contribution in [0, 0.1) is 0 Å². The fraction of sp³-hybridized carbons (Fsp3) is 0.0625. The van der Waals surface area contributed by atoms with Crippen LogP contribution in [0.3, 0.4) is 0 Å². The average Bonchev–Trinajstić information content (AvgIpc) is 2.99. The molecule has 20 heavy (non-hydrogen) atoms. The fourth-order valence-electron chi connectivity index (χ4n) is 2.07. The van der Waals surface area contributed by atoms with Crippen LogP contribution < -0.4 is 0 Å². The summed E-state index contributed by atoms with van der Waals surface area (Å²) in [6.07, 6.45) is 5.38. The van der Waals surface area contributed by atoms with Crippen LogP contribution in [0.5, 0.6) is 0 Å². The van der Waals surface area contributed by atoms with E-state index >= 15 is 0 Å². The van der Waals surface area contributed by atoms with E-state index in [2.05, 4.69) is 10.1 Å². The van der Waals surface area contributed by atoms with Crippen molar-refractivity contribution < 1.29 is 4.79 Å². The minimum atomic E-state index is 0.0394. The predicted molar refractivity (Wildman–Crippen MR) is 75.8 cm³/mol. The van der Waals surface area contributed by atoms with Crippen LogP contribution in [0.2, 0.25) is 0 Å². The Bertz CT molecular complexity index is 705. The van der Waals surface area contributed by atoms with Gasteiger partial charge < -0.3 is 0 Å². The maximum Gasteiger partial charge on any atom is 0.185 e. The van der Waals surface area contributed by atoms with Crippen LogP contribution in [-0.2, 0) is 6.42 Å². The molecule has 0 aliphatic heterocycles. The Morgan fingerprint density at radius 3 is 2.45 bits per heavy atom. The van der Waals surface area contributed by atoms with Crippen molar-refractivity contribution in [3.8, 4) is 5.69 Å². The Balaban J connectivity index is 1.88. The van der Waals surface area contributed by atoms with Gasteiger partial charge in [-0.25, -0.2) is 4.68 Å². The number of hydrogen-bond donors (Lipinski definition) is 0. The molecule has 0 saturated carbocycles. The summed E-state index contributed by atoms with van der Waals surface area (Å²) in [7, 11) is 0. The highest BCUT2D eigenvalue weighted by atomic mass is 16.1. The van der Waals surface area contributed by atoms with Crippen LogP contribution in [-0.4, -0.2) is 20.5 Å². The van der Waals surface area contributed by atoms with E-state index in [0.29, 0.717) is 12.1 Å². The topological polar surface area (TPSA) is 47.8 Å². The molecule has 0 bridgehead atoms. The summed E-state index contributed by atoms with van der Waals surface area (Å²) >= 11 is 0. The van der Waals surface area contributed by atoms with E-state index in [1.165, 1.54) is 0 Å². The van der Waals surface area contributed by atoms with E-state index in [9.17, 15) is 4.79 Å². The molecule has 0 unspecified atom stereocenters. The van der Waals surface area contributed by atoms with Gasteiger partial charge in [0.15, 0.2) is 5.78 Å². The van der Waals surface area contributed by atoms with E-state index in [1.54, 1.807) is 29.3 Å². The number of benzene rings is 1. The van der Waals surface area contributed by atoms with Gasteiger partial charge in [0.1, 0.15) is 5.69 Å². The van der Waals surface area contributed by atoms with Gasteiger partial charge in [-0.05, 0) is 35.9 Å². The van der Waals surface area contributed by atoms with Crippen molar-refractivity contribution in [3.63, 3.8) is 0 Å². The van der Waals surface area contributed by atoms with Crippen molar-refractivity contribution in [2.45, 2.75) is 6.42 Å². The van der Waals surface area contributed by atoms with Crippen molar-refractivity contribution in [1.29, 1.82) is 0 Å². The summed E-state index contributed by atoms with van der Waals surface area (Å²) in [6, 6.07) is 15.1. The van der Waals surface area contributed by atoms with Gasteiger partial charge >= 0.3 is 0 Å². The molecule has 0 N–H and O–H groups in total. The lowest BCUT2D eigenvalue weighted by atomic mass is 10.1. The number of pyridine rings is 1. The molecule has 0 aliphatic rings. The molecular weight excluding hydrogens is 250 g/mol.